The van der Waals surface area contributed by atoms with Gasteiger partial charge < -0.3 is 0 Å². The average molecular weight is 750 g/mol. The number of benzene rings is 5. The molecule has 0 aliphatic carbocycles. The van der Waals surface area contributed by atoms with E-state index in [-0.39, 0.29) is 119 Å². The Labute approximate surface area is 288 Å². The Balaban J connectivity index is 1.86. The highest BCUT2D eigenvalue weighted by molar-refractivity contribution is 6.63. The van der Waals surface area contributed by atoms with E-state index in [1.54, 1.807) is 0 Å². The van der Waals surface area contributed by atoms with Crippen LogP contribution in [-0.4, -0.2) is 46.5 Å². The first-order valence-corrected chi connectivity index (χ1v) is 16.3. The zero-order chi connectivity index (χ0) is 31.8. The molecule has 0 saturated carbocycles. The van der Waals surface area contributed by atoms with Gasteiger partial charge in [-0.25, -0.2) is 0 Å². The SMILES string of the molecule is CCCN1C(=O)c2c(Cl)c(Cl)c3c4c(Cl)c(Cl)c5c6c(c(Cl)c(Cl)c(c7c(Cl)c(Cl)c(c2c37)C1=O)c64)C(=O)N(CCC)C5=O. The first-order chi connectivity index (χ1) is 20.8. The van der Waals surface area contributed by atoms with E-state index in [4.69, 9.17) is 92.8 Å². The third-order valence-corrected chi connectivity index (χ3v) is 11.7. The second kappa shape index (κ2) is 10.2. The standard InChI is InChI=1S/C30H14Cl8N2O4/c1-3-5-39-27(41)15-9-7-11(19(31)23(15)35)13-8-10-17(25(37)21(13)33)29(43)40(6-4-2)30(44)18(10)26(38)22(34)14(8)12(7)20(32)24(36)16(9)28(39)42/h3-6H2,1-2H3. The van der Waals surface area contributed by atoms with E-state index < -0.39 is 23.6 Å². The smallest absolute Gasteiger partial charge is 0.262 e. The van der Waals surface area contributed by atoms with Crippen molar-refractivity contribution in [3.8, 4) is 0 Å². The highest BCUT2D eigenvalue weighted by Crippen LogP contribution is 2.59. The number of rotatable bonds is 4. The summed E-state index contributed by atoms with van der Waals surface area (Å²) in [5.41, 5.74) is -0.177. The molecule has 44 heavy (non-hydrogen) atoms. The molecule has 5 aromatic carbocycles. The number of carbonyl (C=O) groups excluding carboxylic acids is 4. The van der Waals surface area contributed by atoms with Crippen LogP contribution in [-0.2, 0) is 0 Å². The molecule has 2 heterocycles. The van der Waals surface area contributed by atoms with Crippen molar-refractivity contribution in [3.63, 3.8) is 0 Å². The Bertz CT molecular complexity index is 1980. The lowest BCUT2D eigenvalue weighted by Gasteiger charge is -2.33. The first kappa shape index (κ1) is 30.6. The molecule has 0 aromatic heterocycles. The van der Waals surface area contributed by atoms with Gasteiger partial charge in [0.05, 0.1) is 62.4 Å². The van der Waals surface area contributed by atoms with Crippen molar-refractivity contribution in [2.45, 2.75) is 26.7 Å². The minimum atomic E-state index is -0.663. The molecule has 0 spiro atoms. The van der Waals surface area contributed by atoms with E-state index in [1.165, 1.54) is 0 Å². The summed E-state index contributed by atoms with van der Waals surface area (Å²) in [6.45, 7) is 3.81. The summed E-state index contributed by atoms with van der Waals surface area (Å²) in [6, 6.07) is 0. The van der Waals surface area contributed by atoms with Crippen molar-refractivity contribution < 1.29 is 19.2 Å². The van der Waals surface area contributed by atoms with Gasteiger partial charge in [0, 0.05) is 56.2 Å². The lowest BCUT2D eigenvalue weighted by Crippen LogP contribution is -2.41. The van der Waals surface area contributed by atoms with Crippen LogP contribution in [0.5, 0.6) is 0 Å². The van der Waals surface area contributed by atoms with Crippen LogP contribution in [0.15, 0.2) is 0 Å². The summed E-state index contributed by atoms with van der Waals surface area (Å²) in [6.07, 6.45) is 0.941. The molecule has 0 radical (unpaired) electrons. The quantitative estimate of drug-likeness (QED) is 0.104. The fourth-order valence-corrected chi connectivity index (χ4v) is 8.79. The second-order valence-corrected chi connectivity index (χ2v) is 13.6. The van der Waals surface area contributed by atoms with Crippen LogP contribution in [0.4, 0.5) is 0 Å². The molecule has 4 amide bonds. The number of imide groups is 2. The number of nitrogens with zero attached hydrogens (tertiary/aromatic N) is 2. The Morgan fingerprint density at radius 3 is 0.795 bits per heavy atom. The molecular weight excluding hydrogens is 736 g/mol. The lowest BCUT2D eigenvalue weighted by atomic mass is 9.81. The zero-order valence-corrected chi connectivity index (χ0v) is 28.4. The number of fused-ring (bicyclic) bond motifs is 2. The van der Waals surface area contributed by atoms with Gasteiger partial charge in [0.15, 0.2) is 0 Å². The van der Waals surface area contributed by atoms with Gasteiger partial charge >= 0.3 is 0 Å². The summed E-state index contributed by atoms with van der Waals surface area (Å²) >= 11 is 55.3. The maximum atomic E-state index is 13.8. The molecule has 2 aliphatic heterocycles. The maximum absolute atomic E-state index is 13.8. The van der Waals surface area contributed by atoms with E-state index in [2.05, 4.69) is 0 Å². The number of amides is 4. The Kier molecular flexibility index (Phi) is 7.14. The number of carbonyl (C=O) groups is 4. The monoisotopic (exact) mass is 746 g/mol. The van der Waals surface area contributed by atoms with E-state index >= 15 is 0 Å². The predicted molar refractivity (Wildman–Crippen MR) is 179 cm³/mol. The van der Waals surface area contributed by atoms with Gasteiger partial charge in [-0.1, -0.05) is 107 Å². The highest BCUT2D eigenvalue weighted by Gasteiger charge is 2.43. The largest absolute Gasteiger partial charge is 0.274 e. The van der Waals surface area contributed by atoms with Crippen molar-refractivity contribution in [1.82, 2.24) is 9.80 Å². The van der Waals surface area contributed by atoms with Crippen LogP contribution < -0.4 is 0 Å². The van der Waals surface area contributed by atoms with Crippen LogP contribution in [0.2, 0.25) is 40.2 Å². The molecule has 0 saturated heterocycles. The van der Waals surface area contributed by atoms with E-state index in [1.807, 2.05) is 13.8 Å². The highest BCUT2D eigenvalue weighted by atomic mass is 35.5. The van der Waals surface area contributed by atoms with Crippen LogP contribution in [0.25, 0.3) is 43.1 Å². The van der Waals surface area contributed by atoms with Crippen LogP contribution in [0, 0.1) is 0 Å². The van der Waals surface area contributed by atoms with Crippen LogP contribution in [0.3, 0.4) is 0 Å². The number of hydrogen-bond acceptors (Lipinski definition) is 4. The third kappa shape index (κ3) is 3.49. The molecule has 0 bridgehead atoms. The molecular formula is C30H14Cl8N2O4. The average Bonchev–Trinajstić information content (AvgIpc) is 2.98. The van der Waals surface area contributed by atoms with Gasteiger partial charge in [-0.15, -0.1) is 0 Å². The summed E-state index contributed by atoms with van der Waals surface area (Å²) < 4.78 is 0. The molecule has 5 aromatic rings. The lowest BCUT2D eigenvalue weighted by molar-refractivity contribution is 0.0595. The van der Waals surface area contributed by atoms with E-state index in [9.17, 15) is 19.2 Å². The summed E-state index contributed by atoms with van der Waals surface area (Å²) in [5.74, 6) is -2.65. The summed E-state index contributed by atoms with van der Waals surface area (Å²) in [4.78, 5) is 57.2. The molecule has 0 fully saturated rings. The molecule has 14 heteroatoms. The topological polar surface area (TPSA) is 74.8 Å². The molecule has 0 N–H and O–H groups in total. The summed E-state index contributed by atoms with van der Waals surface area (Å²) in [7, 11) is 0. The fourth-order valence-electron chi connectivity index (χ4n) is 6.58. The van der Waals surface area contributed by atoms with E-state index in [0.717, 1.165) is 9.80 Å². The minimum Gasteiger partial charge on any atom is -0.274 e. The van der Waals surface area contributed by atoms with Crippen molar-refractivity contribution in [1.29, 1.82) is 0 Å². The molecule has 6 nitrogen and oxygen atoms in total. The van der Waals surface area contributed by atoms with Gasteiger partial charge in [0.1, 0.15) is 0 Å². The second-order valence-electron chi connectivity index (χ2n) is 10.5. The van der Waals surface area contributed by atoms with Crippen molar-refractivity contribution in [2.24, 2.45) is 0 Å². The predicted octanol–water partition coefficient (Wildman–Crippen LogP) is 11.0. The number of halogens is 8. The minimum absolute atomic E-state index is 0.0441. The van der Waals surface area contributed by atoms with Gasteiger partial charge in [-0.2, -0.15) is 0 Å². The number of hydrogen-bond donors (Lipinski definition) is 0. The Morgan fingerprint density at radius 2 is 0.591 bits per heavy atom. The van der Waals surface area contributed by atoms with Gasteiger partial charge in [0.25, 0.3) is 23.6 Å². The molecule has 7 rings (SSSR count). The van der Waals surface area contributed by atoms with Gasteiger partial charge in [-0.3, -0.25) is 29.0 Å². The first-order valence-electron chi connectivity index (χ1n) is 13.3. The van der Waals surface area contributed by atoms with Gasteiger partial charge in [0.2, 0.25) is 0 Å². The maximum Gasteiger partial charge on any atom is 0.262 e. The molecule has 0 atom stereocenters. The Morgan fingerprint density at radius 1 is 0.364 bits per heavy atom. The summed E-state index contributed by atoms with van der Waals surface area (Å²) in [5, 5.41) is 0.425. The van der Waals surface area contributed by atoms with Crippen molar-refractivity contribution in [2.75, 3.05) is 13.1 Å². The Hall–Kier alpha value is -2.00. The molecule has 0 unspecified atom stereocenters. The van der Waals surface area contributed by atoms with E-state index in [0.29, 0.717) is 12.8 Å². The van der Waals surface area contributed by atoms with Crippen molar-refractivity contribution in [3.05, 3.63) is 62.4 Å². The molecule has 224 valence electrons. The van der Waals surface area contributed by atoms with Crippen LogP contribution in [0.1, 0.15) is 68.1 Å². The fraction of sp³-hybridized carbons (Fsp3) is 0.200. The zero-order valence-electron chi connectivity index (χ0n) is 22.4. The van der Waals surface area contributed by atoms with Gasteiger partial charge in [-0.05, 0) is 12.8 Å². The van der Waals surface area contributed by atoms with Crippen LogP contribution >= 0.6 is 92.8 Å². The normalized spacial score (nSPS) is 15.0. The molecule has 2 aliphatic rings. The third-order valence-electron chi connectivity index (χ3n) is 8.26. The van der Waals surface area contributed by atoms with Crippen molar-refractivity contribution >= 4 is 160 Å².